The van der Waals surface area contributed by atoms with Gasteiger partial charge < -0.3 is 0 Å². The van der Waals surface area contributed by atoms with Crippen molar-refractivity contribution in [1.82, 2.24) is 9.55 Å². The fourth-order valence-electron chi connectivity index (χ4n) is 2.24. The number of hydrogen-bond acceptors (Lipinski definition) is 2. The van der Waals surface area contributed by atoms with E-state index in [0.29, 0.717) is 10.4 Å². The molecule has 1 aromatic rings. The smallest absolute Gasteiger partial charge is 0.268 e. The van der Waals surface area contributed by atoms with Crippen molar-refractivity contribution in [3.8, 4) is 0 Å². The van der Waals surface area contributed by atoms with Crippen molar-refractivity contribution < 1.29 is 8.78 Å². The maximum Gasteiger partial charge on any atom is 0.268 e. The molecule has 1 saturated carbocycles. The van der Waals surface area contributed by atoms with E-state index >= 15 is 0 Å². The van der Waals surface area contributed by atoms with E-state index in [1.807, 2.05) is 0 Å². The third-order valence-electron chi connectivity index (χ3n) is 3.09. The van der Waals surface area contributed by atoms with Crippen molar-refractivity contribution >= 4 is 15.9 Å². The van der Waals surface area contributed by atoms with Gasteiger partial charge in [0.2, 0.25) is 0 Å². The molecule has 1 fully saturated rings. The van der Waals surface area contributed by atoms with Crippen LogP contribution in [0.3, 0.4) is 0 Å². The monoisotopic (exact) mass is 306 g/mol. The van der Waals surface area contributed by atoms with Crippen LogP contribution in [0, 0.1) is 0 Å². The summed E-state index contributed by atoms with van der Waals surface area (Å²) in [5.41, 5.74) is 0.306. The van der Waals surface area contributed by atoms with Gasteiger partial charge in [-0.25, -0.2) is 13.8 Å². The Hall–Kier alpha value is -0.780. The Morgan fingerprint density at radius 2 is 2.12 bits per heavy atom. The average Bonchev–Trinajstić information content (AvgIpc) is 2.78. The molecule has 0 N–H and O–H groups in total. The van der Waals surface area contributed by atoms with Gasteiger partial charge in [-0.05, 0) is 28.8 Å². The van der Waals surface area contributed by atoms with E-state index in [1.165, 1.54) is 6.33 Å². The molecule has 0 atom stereocenters. The number of hydrogen-bond donors (Lipinski definition) is 0. The summed E-state index contributed by atoms with van der Waals surface area (Å²) in [6, 6.07) is 0. The van der Waals surface area contributed by atoms with Gasteiger partial charge >= 0.3 is 0 Å². The molecule has 1 aliphatic carbocycles. The van der Waals surface area contributed by atoms with Crippen molar-refractivity contribution in [2.24, 2.45) is 0 Å². The first-order chi connectivity index (χ1) is 8.09. The zero-order valence-corrected chi connectivity index (χ0v) is 10.8. The summed E-state index contributed by atoms with van der Waals surface area (Å²) in [7, 11) is 0. The average molecular weight is 307 g/mol. The Labute approximate surface area is 106 Å². The number of halogens is 3. The summed E-state index contributed by atoms with van der Waals surface area (Å²) >= 11 is 3.19. The van der Waals surface area contributed by atoms with Crippen LogP contribution in [0.1, 0.15) is 37.3 Å². The largest absolute Gasteiger partial charge is 0.293 e. The third-order valence-corrected chi connectivity index (χ3v) is 3.83. The lowest BCUT2D eigenvalue weighted by Crippen LogP contribution is -2.26. The summed E-state index contributed by atoms with van der Waals surface area (Å²) in [6.07, 6.45) is 3.00. The highest BCUT2D eigenvalue weighted by Gasteiger charge is 2.23. The predicted molar refractivity (Wildman–Crippen MR) is 63.4 cm³/mol. The molecule has 0 bridgehead atoms. The van der Waals surface area contributed by atoms with Gasteiger partial charge in [-0.3, -0.25) is 9.36 Å². The van der Waals surface area contributed by atoms with Gasteiger partial charge in [0.25, 0.3) is 12.0 Å². The molecule has 1 heterocycles. The lowest BCUT2D eigenvalue weighted by atomic mass is 10.0. The summed E-state index contributed by atoms with van der Waals surface area (Å²) in [4.78, 5) is 16.0. The number of alkyl halides is 2. The lowest BCUT2D eigenvalue weighted by Gasteiger charge is -2.12. The van der Waals surface area contributed by atoms with Crippen LogP contribution in [0.4, 0.5) is 8.78 Å². The minimum Gasteiger partial charge on any atom is -0.293 e. The molecule has 0 unspecified atom stereocenters. The molecular formula is C11H13BrF2N2O. The molecule has 0 aliphatic heterocycles. The normalized spacial score (nSPS) is 16.9. The van der Waals surface area contributed by atoms with E-state index < -0.39 is 18.5 Å². The van der Waals surface area contributed by atoms with Crippen LogP contribution >= 0.6 is 15.9 Å². The number of nitrogens with zero attached hydrogens (tertiary/aromatic N) is 2. The Morgan fingerprint density at radius 1 is 1.47 bits per heavy atom. The van der Waals surface area contributed by atoms with Crippen LogP contribution in [0.2, 0.25) is 0 Å². The molecule has 0 aromatic carbocycles. The molecule has 0 spiro atoms. The first-order valence-corrected chi connectivity index (χ1v) is 6.42. The standard InChI is InChI=1S/C11H13BrF2N2O/c12-9-10(7-3-1-2-4-7)15-6-16(11(9)17)5-8(13)14/h6-8H,1-5H2. The third kappa shape index (κ3) is 2.73. The van der Waals surface area contributed by atoms with Crippen molar-refractivity contribution in [1.29, 1.82) is 0 Å². The second-order valence-electron chi connectivity index (χ2n) is 4.27. The zero-order chi connectivity index (χ0) is 12.4. The summed E-state index contributed by atoms with van der Waals surface area (Å²) in [6.45, 7) is -0.602. The van der Waals surface area contributed by atoms with Gasteiger partial charge in [0, 0.05) is 5.92 Å². The maximum absolute atomic E-state index is 12.2. The second kappa shape index (κ2) is 5.25. The molecule has 6 heteroatoms. The van der Waals surface area contributed by atoms with Gasteiger partial charge in [-0.15, -0.1) is 0 Å². The van der Waals surface area contributed by atoms with Crippen LogP contribution in [0.25, 0.3) is 0 Å². The number of rotatable bonds is 3. The quantitative estimate of drug-likeness (QED) is 0.860. The zero-order valence-electron chi connectivity index (χ0n) is 9.20. The van der Waals surface area contributed by atoms with Crippen LogP contribution in [0.5, 0.6) is 0 Å². The Morgan fingerprint density at radius 3 is 2.71 bits per heavy atom. The van der Waals surface area contributed by atoms with Crippen molar-refractivity contribution in [2.45, 2.75) is 44.6 Å². The highest BCUT2D eigenvalue weighted by Crippen LogP contribution is 2.35. The highest BCUT2D eigenvalue weighted by molar-refractivity contribution is 9.10. The first-order valence-electron chi connectivity index (χ1n) is 5.62. The van der Waals surface area contributed by atoms with Gasteiger partial charge in [-0.2, -0.15) is 0 Å². The summed E-state index contributed by atoms with van der Waals surface area (Å²) < 4.78 is 25.8. The highest BCUT2D eigenvalue weighted by atomic mass is 79.9. The van der Waals surface area contributed by atoms with Crippen LogP contribution in [0.15, 0.2) is 15.6 Å². The SMILES string of the molecule is O=c1c(Br)c(C2CCCC2)ncn1CC(F)F. The fraction of sp³-hybridized carbons (Fsp3) is 0.636. The van der Waals surface area contributed by atoms with Crippen molar-refractivity contribution in [3.63, 3.8) is 0 Å². The van der Waals surface area contributed by atoms with Crippen LogP contribution in [-0.2, 0) is 6.54 Å². The van der Waals surface area contributed by atoms with Crippen LogP contribution < -0.4 is 5.56 Å². The molecular weight excluding hydrogens is 294 g/mol. The fourth-order valence-corrected chi connectivity index (χ4v) is 2.89. The van der Waals surface area contributed by atoms with Gasteiger partial charge in [0.15, 0.2) is 0 Å². The van der Waals surface area contributed by atoms with Crippen molar-refractivity contribution in [2.75, 3.05) is 0 Å². The predicted octanol–water partition coefficient (Wildman–Crippen LogP) is 2.93. The van der Waals surface area contributed by atoms with Gasteiger partial charge in [0.1, 0.15) is 4.47 Å². The molecule has 17 heavy (non-hydrogen) atoms. The Kier molecular flexibility index (Phi) is 3.91. The van der Waals surface area contributed by atoms with E-state index in [4.69, 9.17) is 0 Å². The molecule has 0 saturated heterocycles. The van der Waals surface area contributed by atoms with E-state index in [9.17, 15) is 13.6 Å². The molecule has 3 nitrogen and oxygen atoms in total. The second-order valence-corrected chi connectivity index (χ2v) is 5.07. The molecule has 1 aliphatic rings. The molecule has 0 amide bonds. The molecule has 0 radical (unpaired) electrons. The topological polar surface area (TPSA) is 34.9 Å². The molecule has 1 aromatic heterocycles. The Balaban J connectivity index is 2.32. The van der Waals surface area contributed by atoms with E-state index in [0.717, 1.165) is 35.9 Å². The Bertz CT molecular complexity index is 455. The van der Waals surface area contributed by atoms with Gasteiger partial charge in [-0.1, -0.05) is 12.8 Å². The first kappa shape index (κ1) is 12.7. The minimum atomic E-state index is -2.54. The van der Waals surface area contributed by atoms with Gasteiger partial charge in [0.05, 0.1) is 18.6 Å². The molecule has 94 valence electrons. The summed E-state index contributed by atoms with van der Waals surface area (Å²) in [5.74, 6) is 0.290. The number of aromatic nitrogens is 2. The van der Waals surface area contributed by atoms with Crippen LogP contribution in [-0.4, -0.2) is 16.0 Å². The summed E-state index contributed by atoms with van der Waals surface area (Å²) in [5, 5.41) is 0. The van der Waals surface area contributed by atoms with Crippen molar-refractivity contribution in [3.05, 3.63) is 26.8 Å². The van der Waals surface area contributed by atoms with E-state index in [2.05, 4.69) is 20.9 Å². The lowest BCUT2D eigenvalue weighted by molar-refractivity contribution is 0.124. The van der Waals surface area contributed by atoms with E-state index in [-0.39, 0.29) is 0 Å². The van der Waals surface area contributed by atoms with E-state index in [1.54, 1.807) is 0 Å². The minimum absolute atomic E-state index is 0.290. The maximum atomic E-state index is 12.2. The molecule has 2 rings (SSSR count).